The molecule has 4 aromatic rings. The van der Waals surface area contributed by atoms with E-state index in [9.17, 15) is 18.8 Å². The molecule has 0 unspecified atom stereocenters. The Morgan fingerprint density at radius 2 is 1.70 bits per heavy atom. The second-order valence-corrected chi connectivity index (χ2v) is 7.57. The van der Waals surface area contributed by atoms with E-state index in [1.807, 2.05) is 0 Å². The molecule has 1 aromatic heterocycles. The van der Waals surface area contributed by atoms with Crippen LogP contribution in [0.25, 0.3) is 16.6 Å². The Balaban J connectivity index is 1.59. The topological polar surface area (TPSA) is 93.2 Å². The van der Waals surface area contributed by atoms with Gasteiger partial charge in [0.1, 0.15) is 5.82 Å². The summed E-state index contributed by atoms with van der Waals surface area (Å²) in [4.78, 5) is 40.2. The lowest BCUT2D eigenvalue weighted by molar-refractivity contribution is 0.0600. The van der Waals surface area contributed by atoms with Crippen molar-refractivity contribution in [1.82, 2.24) is 14.9 Å². The van der Waals surface area contributed by atoms with Crippen molar-refractivity contribution in [1.29, 1.82) is 0 Å². The van der Waals surface area contributed by atoms with Gasteiger partial charge in [0.2, 0.25) is 0 Å². The SMILES string of the molecule is COC(=O)c1ccc2c(=O)n(-c3ccc(C(=O)NCc4ccc(F)cc4)cc3)c(=S)[nH]c2c1. The molecule has 3 aromatic carbocycles. The predicted octanol–water partition coefficient (Wildman–Crippen LogP) is 3.90. The lowest BCUT2D eigenvalue weighted by Crippen LogP contribution is -2.23. The number of aromatic nitrogens is 2. The number of hydrogen-bond acceptors (Lipinski definition) is 5. The van der Waals surface area contributed by atoms with E-state index < -0.39 is 5.97 Å². The zero-order valence-electron chi connectivity index (χ0n) is 17.4. The van der Waals surface area contributed by atoms with Gasteiger partial charge in [0.05, 0.1) is 29.3 Å². The standard InChI is InChI=1S/C24H18FN3O4S/c1-32-23(31)16-6-11-19-20(12-16)27-24(33)28(22(19)30)18-9-4-15(5-10-18)21(29)26-13-14-2-7-17(25)8-3-14/h2-12H,13H2,1H3,(H,26,29)(H,27,33). The Morgan fingerprint density at radius 1 is 1.03 bits per heavy atom. The van der Waals surface area contributed by atoms with Crippen molar-refractivity contribution < 1.29 is 18.7 Å². The number of esters is 1. The molecule has 0 radical (unpaired) electrons. The molecule has 9 heteroatoms. The van der Waals surface area contributed by atoms with Gasteiger partial charge in [0.25, 0.3) is 11.5 Å². The number of nitrogens with zero attached hydrogens (tertiary/aromatic N) is 1. The summed E-state index contributed by atoms with van der Waals surface area (Å²) in [5, 5.41) is 3.11. The summed E-state index contributed by atoms with van der Waals surface area (Å²) < 4.78 is 19.2. The number of methoxy groups -OCH3 is 1. The fraction of sp³-hybridized carbons (Fsp3) is 0.0833. The van der Waals surface area contributed by atoms with Gasteiger partial charge in [-0.25, -0.2) is 9.18 Å². The van der Waals surface area contributed by atoms with Gasteiger partial charge in [0.15, 0.2) is 4.77 Å². The number of rotatable bonds is 5. The maximum Gasteiger partial charge on any atom is 0.337 e. The summed E-state index contributed by atoms with van der Waals surface area (Å²) in [5.74, 6) is -1.17. The van der Waals surface area contributed by atoms with Crippen molar-refractivity contribution >= 4 is 35.0 Å². The molecule has 0 aliphatic carbocycles. The molecule has 0 aliphatic rings. The van der Waals surface area contributed by atoms with Crippen molar-refractivity contribution in [3.8, 4) is 5.69 Å². The monoisotopic (exact) mass is 463 g/mol. The van der Waals surface area contributed by atoms with E-state index in [1.54, 1.807) is 36.4 Å². The van der Waals surface area contributed by atoms with Gasteiger partial charge in [-0.05, 0) is 72.4 Å². The first-order chi connectivity index (χ1) is 15.9. The molecule has 166 valence electrons. The Kier molecular flexibility index (Phi) is 6.14. The number of benzene rings is 3. The molecule has 1 heterocycles. The van der Waals surface area contributed by atoms with Crippen LogP contribution in [0.4, 0.5) is 4.39 Å². The van der Waals surface area contributed by atoms with E-state index >= 15 is 0 Å². The average molecular weight is 463 g/mol. The van der Waals surface area contributed by atoms with Crippen molar-refractivity contribution in [2.24, 2.45) is 0 Å². The van der Waals surface area contributed by atoms with E-state index in [0.29, 0.717) is 27.7 Å². The lowest BCUT2D eigenvalue weighted by Gasteiger charge is -2.10. The molecular formula is C24H18FN3O4S. The predicted molar refractivity (Wildman–Crippen MR) is 124 cm³/mol. The molecule has 0 atom stereocenters. The van der Waals surface area contributed by atoms with Crippen molar-refractivity contribution in [3.63, 3.8) is 0 Å². The second kappa shape index (κ2) is 9.17. The number of carbonyl (C=O) groups is 2. The number of fused-ring (bicyclic) bond motifs is 1. The van der Waals surface area contributed by atoms with Crippen molar-refractivity contribution in [2.45, 2.75) is 6.54 Å². The molecule has 0 fully saturated rings. The van der Waals surface area contributed by atoms with Gasteiger partial charge in [-0.2, -0.15) is 0 Å². The third kappa shape index (κ3) is 4.58. The van der Waals surface area contributed by atoms with Crippen LogP contribution in [-0.2, 0) is 11.3 Å². The Morgan fingerprint density at radius 3 is 2.36 bits per heavy atom. The Bertz CT molecular complexity index is 1480. The normalized spacial score (nSPS) is 10.7. The van der Waals surface area contributed by atoms with Crippen LogP contribution in [0.15, 0.2) is 71.5 Å². The largest absolute Gasteiger partial charge is 0.465 e. The number of amides is 1. The number of ether oxygens (including phenoxy) is 1. The van der Waals surface area contributed by atoms with Crippen LogP contribution in [0.2, 0.25) is 0 Å². The minimum atomic E-state index is -0.520. The van der Waals surface area contributed by atoms with Gasteiger partial charge in [-0.15, -0.1) is 0 Å². The number of nitrogens with one attached hydrogen (secondary N) is 2. The summed E-state index contributed by atoms with van der Waals surface area (Å²) in [6, 6.07) is 16.8. The van der Waals surface area contributed by atoms with Crippen LogP contribution in [-0.4, -0.2) is 28.5 Å². The van der Waals surface area contributed by atoms with E-state index in [2.05, 4.69) is 10.3 Å². The van der Waals surface area contributed by atoms with Crippen molar-refractivity contribution in [2.75, 3.05) is 7.11 Å². The Hall–Kier alpha value is -4.11. The third-order valence-electron chi connectivity index (χ3n) is 5.07. The maximum atomic E-state index is 13.1. The van der Waals surface area contributed by atoms with Gasteiger partial charge in [-0.1, -0.05) is 12.1 Å². The number of halogens is 1. The summed E-state index contributed by atoms with van der Waals surface area (Å²) >= 11 is 5.36. The number of hydrogen-bond donors (Lipinski definition) is 2. The van der Waals surface area contributed by atoms with Crippen LogP contribution in [0, 0.1) is 10.6 Å². The molecule has 0 spiro atoms. The molecule has 7 nitrogen and oxygen atoms in total. The van der Waals surface area contributed by atoms with E-state index in [0.717, 1.165) is 5.56 Å². The molecular weight excluding hydrogens is 445 g/mol. The molecule has 0 bridgehead atoms. The smallest absolute Gasteiger partial charge is 0.337 e. The fourth-order valence-electron chi connectivity index (χ4n) is 3.35. The van der Waals surface area contributed by atoms with Gasteiger partial charge in [-0.3, -0.25) is 14.2 Å². The first kappa shape index (κ1) is 22.1. The molecule has 1 amide bonds. The first-order valence-electron chi connectivity index (χ1n) is 9.88. The molecule has 33 heavy (non-hydrogen) atoms. The average Bonchev–Trinajstić information content (AvgIpc) is 2.83. The van der Waals surface area contributed by atoms with E-state index in [1.165, 1.54) is 42.0 Å². The zero-order chi connectivity index (χ0) is 23.5. The third-order valence-corrected chi connectivity index (χ3v) is 5.36. The van der Waals surface area contributed by atoms with Crippen LogP contribution < -0.4 is 10.9 Å². The van der Waals surface area contributed by atoms with Gasteiger partial charge >= 0.3 is 5.97 Å². The van der Waals surface area contributed by atoms with Gasteiger partial charge < -0.3 is 15.0 Å². The molecule has 0 saturated carbocycles. The fourth-order valence-corrected chi connectivity index (χ4v) is 3.64. The van der Waals surface area contributed by atoms with E-state index in [-0.39, 0.29) is 28.6 Å². The van der Waals surface area contributed by atoms with Crippen LogP contribution in [0.1, 0.15) is 26.3 Å². The maximum absolute atomic E-state index is 13.1. The highest BCUT2D eigenvalue weighted by Crippen LogP contribution is 2.15. The highest BCUT2D eigenvalue weighted by molar-refractivity contribution is 7.71. The highest BCUT2D eigenvalue weighted by atomic mass is 32.1. The minimum absolute atomic E-state index is 0.142. The number of H-pyrrole nitrogens is 1. The van der Waals surface area contributed by atoms with E-state index in [4.69, 9.17) is 17.0 Å². The van der Waals surface area contributed by atoms with Crippen LogP contribution in [0.3, 0.4) is 0 Å². The van der Waals surface area contributed by atoms with Crippen molar-refractivity contribution in [3.05, 3.63) is 104 Å². The first-order valence-corrected chi connectivity index (χ1v) is 10.3. The Labute approximate surface area is 192 Å². The highest BCUT2D eigenvalue weighted by Gasteiger charge is 2.12. The molecule has 2 N–H and O–H groups in total. The van der Waals surface area contributed by atoms with Gasteiger partial charge in [0, 0.05) is 12.1 Å². The second-order valence-electron chi connectivity index (χ2n) is 7.18. The summed E-state index contributed by atoms with van der Waals surface area (Å²) in [5.41, 5.74) is 2.00. The summed E-state index contributed by atoms with van der Waals surface area (Å²) in [6.07, 6.45) is 0. The number of aromatic amines is 1. The molecule has 0 saturated heterocycles. The minimum Gasteiger partial charge on any atom is -0.465 e. The number of carbonyl (C=O) groups excluding carboxylic acids is 2. The summed E-state index contributed by atoms with van der Waals surface area (Å²) in [6.45, 7) is 0.254. The zero-order valence-corrected chi connectivity index (χ0v) is 18.2. The molecule has 4 rings (SSSR count). The summed E-state index contributed by atoms with van der Waals surface area (Å²) in [7, 11) is 1.28. The van der Waals surface area contributed by atoms with Crippen LogP contribution in [0.5, 0.6) is 0 Å². The van der Waals surface area contributed by atoms with Crippen LogP contribution >= 0.6 is 12.2 Å². The quantitative estimate of drug-likeness (QED) is 0.346. The molecule has 0 aliphatic heterocycles. The lowest BCUT2D eigenvalue weighted by atomic mass is 10.1.